The molecule has 0 bridgehead atoms. The Morgan fingerprint density at radius 2 is 1.75 bits per heavy atom. The average molecular weight is 436 g/mol. The zero-order valence-corrected chi connectivity index (χ0v) is 19.0. The molecule has 6 nitrogen and oxygen atoms in total. The topological polar surface area (TPSA) is 70.7 Å². The molecule has 32 heavy (non-hydrogen) atoms. The normalized spacial score (nSPS) is 21.4. The van der Waals surface area contributed by atoms with Crippen LogP contribution in [0.5, 0.6) is 5.75 Å². The van der Waals surface area contributed by atoms with Crippen LogP contribution >= 0.6 is 0 Å². The van der Waals surface area contributed by atoms with Gasteiger partial charge < -0.3 is 15.4 Å². The van der Waals surface area contributed by atoms with Crippen molar-refractivity contribution in [1.29, 1.82) is 0 Å². The van der Waals surface area contributed by atoms with Gasteiger partial charge in [-0.3, -0.25) is 14.5 Å². The van der Waals surface area contributed by atoms with E-state index in [4.69, 9.17) is 4.74 Å². The van der Waals surface area contributed by atoms with Crippen LogP contribution in [0.3, 0.4) is 0 Å². The number of benzene rings is 2. The summed E-state index contributed by atoms with van der Waals surface area (Å²) in [6.45, 7) is 3.68. The van der Waals surface area contributed by atoms with Crippen molar-refractivity contribution < 1.29 is 14.3 Å². The molecule has 2 amide bonds. The van der Waals surface area contributed by atoms with Crippen LogP contribution in [0.2, 0.25) is 0 Å². The number of rotatable bonds is 7. The van der Waals surface area contributed by atoms with Gasteiger partial charge in [0.05, 0.1) is 19.7 Å². The third-order valence-electron chi connectivity index (χ3n) is 6.83. The summed E-state index contributed by atoms with van der Waals surface area (Å²) in [5, 5.41) is 5.75. The van der Waals surface area contributed by atoms with Crippen molar-refractivity contribution in [3.05, 3.63) is 65.2 Å². The number of hydrogen-bond acceptors (Lipinski definition) is 4. The van der Waals surface area contributed by atoms with Crippen LogP contribution in [0, 0.1) is 6.92 Å². The third kappa shape index (κ3) is 5.30. The lowest BCUT2D eigenvalue weighted by Crippen LogP contribution is -2.63. The minimum absolute atomic E-state index is 0.0113. The van der Waals surface area contributed by atoms with E-state index in [1.54, 1.807) is 25.3 Å². The van der Waals surface area contributed by atoms with E-state index in [2.05, 4.69) is 45.9 Å². The first-order valence-electron chi connectivity index (χ1n) is 11.5. The molecule has 6 heteroatoms. The number of nitrogens with one attached hydrogen (secondary N) is 2. The molecule has 0 radical (unpaired) electrons. The van der Waals surface area contributed by atoms with Gasteiger partial charge in [0.2, 0.25) is 5.91 Å². The average Bonchev–Trinajstić information content (AvgIpc) is 2.80. The zero-order chi connectivity index (χ0) is 22.5. The van der Waals surface area contributed by atoms with Crippen LogP contribution in [0.1, 0.15) is 53.1 Å². The molecule has 1 saturated heterocycles. The second-order valence-electron chi connectivity index (χ2n) is 9.00. The monoisotopic (exact) mass is 435 g/mol. The summed E-state index contributed by atoms with van der Waals surface area (Å²) < 4.78 is 5.22. The quantitative estimate of drug-likeness (QED) is 0.700. The summed E-state index contributed by atoms with van der Waals surface area (Å²) in [7, 11) is 1.60. The fourth-order valence-electron chi connectivity index (χ4n) is 4.96. The molecule has 2 N–H and O–H groups in total. The Labute approximate surface area is 190 Å². The van der Waals surface area contributed by atoms with Gasteiger partial charge in [-0.15, -0.1) is 0 Å². The van der Waals surface area contributed by atoms with E-state index in [9.17, 15) is 9.59 Å². The number of aryl methyl sites for hydroxylation is 1. The van der Waals surface area contributed by atoms with Crippen molar-refractivity contribution >= 4 is 11.8 Å². The van der Waals surface area contributed by atoms with Gasteiger partial charge in [0.1, 0.15) is 5.75 Å². The third-order valence-corrected chi connectivity index (χ3v) is 6.83. The number of carbonyl (C=O) groups excluding carboxylic acids is 2. The van der Waals surface area contributed by atoms with E-state index in [0.717, 1.165) is 24.4 Å². The highest BCUT2D eigenvalue weighted by Gasteiger charge is 2.35. The molecule has 2 aromatic rings. The first-order valence-corrected chi connectivity index (χ1v) is 11.5. The highest BCUT2D eigenvalue weighted by Crippen LogP contribution is 2.35. The van der Waals surface area contributed by atoms with Gasteiger partial charge in [0.25, 0.3) is 5.91 Å². The van der Waals surface area contributed by atoms with Crippen molar-refractivity contribution in [2.75, 3.05) is 26.7 Å². The fraction of sp³-hybridized carbons (Fsp3) is 0.462. The van der Waals surface area contributed by atoms with E-state index in [1.807, 2.05) is 6.92 Å². The molecule has 0 aromatic heterocycles. The molecule has 0 spiro atoms. The lowest BCUT2D eigenvalue weighted by molar-refractivity contribution is -0.122. The van der Waals surface area contributed by atoms with E-state index >= 15 is 0 Å². The van der Waals surface area contributed by atoms with Crippen molar-refractivity contribution in [2.45, 2.75) is 50.6 Å². The highest BCUT2D eigenvalue weighted by atomic mass is 16.5. The summed E-state index contributed by atoms with van der Waals surface area (Å²) >= 11 is 0. The summed E-state index contributed by atoms with van der Waals surface area (Å²) in [4.78, 5) is 27.1. The minimum Gasteiger partial charge on any atom is -0.496 e. The summed E-state index contributed by atoms with van der Waals surface area (Å²) in [5.41, 5.74) is 2.88. The molecule has 4 rings (SSSR count). The summed E-state index contributed by atoms with van der Waals surface area (Å²) in [6.07, 6.45) is 4.91. The molecule has 0 unspecified atom stereocenters. The number of ether oxygens (including phenoxy) is 1. The van der Waals surface area contributed by atoms with Gasteiger partial charge in [-0.1, -0.05) is 30.3 Å². The Kier molecular flexibility index (Phi) is 7.10. The number of carbonyl (C=O) groups is 2. The number of nitrogens with zero attached hydrogens (tertiary/aromatic N) is 1. The van der Waals surface area contributed by atoms with Crippen molar-refractivity contribution in [1.82, 2.24) is 15.5 Å². The van der Waals surface area contributed by atoms with Crippen molar-refractivity contribution in [2.24, 2.45) is 0 Å². The molecule has 0 atom stereocenters. The maximum Gasteiger partial charge on any atom is 0.251 e. The molecule has 1 aliphatic heterocycles. The molecule has 1 saturated carbocycles. The molecule has 1 aliphatic carbocycles. The van der Waals surface area contributed by atoms with E-state index < -0.39 is 0 Å². The predicted octanol–water partition coefficient (Wildman–Crippen LogP) is 3.26. The Hall–Kier alpha value is -2.86. The Morgan fingerprint density at radius 3 is 2.41 bits per heavy atom. The van der Waals surface area contributed by atoms with Gasteiger partial charge in [-0.05, 0) is 67.9 Å². The van der Waals surface area contributed by atoms with Crippen LogP contribution in [-0.2, 0) is 4.79 Å². The van der Waals surface area contributed by atoms with Crippen LogP contribution in [-0.4, -0.2) is 55.5 Å². The van der Waals surface area contributed by atoms with E-state index in [0.29, 0.717) is 17.5 Å². The molecule has 2 fully saturated rings. The number of methoxy groups -OCH3 is 1. The number of hydrogen-bond donors (Lipinski definition) is 2. The molecule has 170 valence electrons. The second kappa shape index (κ2) is 10.2. The predicted molar refractivity (Wildman–Crippen MR) is 125 cm³/mol. The molecular weight excluding hydrogens is 402 g/mol. The lowest BCUT2D eigenvalue weighted by atomic mass is 9.80. The van der Waals surface area contributed by atoms with Crippen LogP contribution < -0.4 is 15.4 Å². The van der Waals surface area contributed by atoms with E-state index in [1.165, 1.54) is 31.2 Å². The fourth-order valence-corrected chi connectivity index (χ4v) is 4.96. The van der Waals surface area contributed by atoms with Crippen molar-refractivity contribution in [3.63, 3.8) is 0 Å². The van der Waals surface area contributed by atoms with Crippen LogP contribution in [0.25, 0.3) is 0 Å². The minimum atomic E-state index is -0.253. The van der Waals surface area contributed by atoms with Gasteiger partial charge in [0, 0.05) is 24.7 Å². The maximum absolute atomic E-state index is 12.3. The highest BCUT2D eigenvalue weighted by molar-refractivity contribution is 5.96. The van der Waals surface area contributed by atoms with Gasteiger partial charge in [-0.2, -0.15) is 0 Å². The zero-order valence-electron chi connectivity index (χ0n) is 19.0. The lowest BCUT2D eigenvalue weighted by Gasteiger charge is -2.46. The van der Waals surface area contributed by atoms with Crippen molar-refractivity contribution in [3.8, 4) is 5.75 Å². The Balaban J connectivity index is 1.14. The van der Waals surface area contributed by atoms with Gasteiger partial charge in [-0.25, -0.2) is 0 Å². The SMILES string of the molecule is COc1ccc(C(=O)NCC(=O)NC2CN(C3CCC(c4ccccc4)CC3)C2)cc1C. The number of likely N-dealkylation sites (tertiary alicyclic amines) is 1. The van der Waals surface area contributed by atoms with Crippen LogP contribution in [0.4, 0.5) is 0 Å². The number of amides is 2. The smallest absolute Gasteiger partial charge is 0.251 e. The second-order valence-corrected chi connectivity index (χ2v) is 9.00. The van der Waals surface area contributed by atoms with E-state index in [-0.39, 0.29) is 24.4 Å². The molecule has 2 aromatic carbocycles. The molecule has 2 aliphatic rings. The van der Waals surface area contributed by atoms with Gasteiger partial charge >= 0.3 is 0 Å². The molecular formula is C26H33N3O3. The standard InChI is InChI=1S/C26H33N3O3/c1-18-14-21(10-13-24(18)32-2)26(31)27-15-25(30)28-22-16-29(17-22)23-11-8-20(9-12-23)19-6-4-3-5-7-19/h3-7,10,13-14,20,22-23H,8-9,11-12,15-17H2,1-2H3,(H,27,31)(H,28,30). The largest absolute Gasteiger partial charge is 0.496 e. The summed E-state index contributed by atoms with van der Waals surface area (Å²) in [5.74, 6) is 1.03. The first-order chi connectivity index (χ1) is 15.5. The summed E-state index contributed by atoms with van der Waals surface area (Å²) in [6, 6.07) is 16.9. The Morgan fingerprint density at radius 1 is 1.03 bits per heavy atom. The maximum atomic E-state index is 12.3. The van der Waals surface area contributed by atoms with Crippen LogP contribution in [0.15, 0.2) is 48.5 Å². The molecule has 1 heterocycles. The van der Waals surface area contributed by atoms with Gasteiger partial charge in [0.15, 0.2) is 0 Å². The Bertz CT molecular complexity index is 933. The first kappa shape index (κ1) is 22.3.